The molecule has 15 heavy (non-hydrogen) atoms. The minimum Gasteiger partial charge on any atom is -0.342 e. The fourth-order valence-electron chi connectivity index (χ4n) is 0.826. The van der Waals surface area contributed by atoms with Crippen LogP contribution in [0.15, 0.2) is 0 Å². The molecule has 0 heterocycles. The van der Waals surface area contributed by atoms with Gasteiger partial charge in [-0.1, -0.05) is 0 Å². The predicted molar refractivity (Wildman–Crippen MR) is 55.5 cm³/mol. The Morgan fingerprint density at radius 3 is 2.67 bits per heavy atom. The van der Waals surface area contributed by atoms with Crippen LogP contribution in [-0.2, 0) is 14.6 Å². The van der Waals surface area contributed by atoms with Crippen molar-refractivity contribution in [2.45, 2.75) is 19.4 Å². The molecule has 7 heteroatoms. The molecule has 1 atom stereocenters. The quantitative estimate of drug-likeness (QED) is 0.558. The van der Waals surface area contributed by atoms with Gasteiger partial charge in [0, 0.05) is 6.04 Å². The average Bonchev–Trinajstić information content (AvgIpc) is 2.11. The first-order valence-electron chi connectivity index (χ1n) is 4.47. The molecule has 6 nitrogen and oxygen atoms in total. The van der Waals surface area contributed by atoms with Gasteiger partial charge in [0.15, 0.2) is 9.84 Å². The van der Waals surface area contributed by atoms with Crippen LogP contribution in [-0.4, -0.2) is 38.4 Å². The number of carbonyl (C=O) groups excluding carboxylic acids is 1. The molecule has 3 N–H and O–H groups in total. The Labute approximate surface area is 89.4 Å². The van der Waals surface area contributed by atoms with Gasteiger partial charge in [-0.25, -0.2) is 8.42 Å². The maximum atomic E-state index is 11.3. The summed E-state index contributed by atoms with van der Waals surface area (Å²) in [5, 5.41) is 10.3. The highest BCUT2D eigenvalue weighted by Crippen LogP contribution is 1.96. The lowest BCUT2D eigenvalue weighted by molar-refractivity contribution is -0.118. The number of rotatable bonds is 6. The van der Waals surface area contributed by atoms with Gasteiger partial charge in [-0.05, 0) is 13.3 Å². The smallest absolute Gasteiger partial charge is 0.236 e. The molecule has 0 spiro atoms. The molecular weight excluding hydrogens is 218 g/mol. The topological polar surface area (TPSA) is 113 Å². The second kappa shape index (κ2) is 6.37. The number of nitriles is 1. The van der Waals surface area contributed by atoms with E-state index in [0.717, 1.165) is 0 Å². The number of hydrogen-bond donors (Lipinski definition) is 2. The van der Waals surface area contributed by atoms with Gasteiger partial charge in [-0.3, -0.25) is 4.79 Å². The van der Waals surface area contributed by atoms with Gasteiger partial charge in [0.25, 0.3) is 0 Å². The largest absolute Gasteiger partial charge is 0.342 e. The van der Waals surface area contributed by atoms with Crippen molar-refractivity contribution >= 4 is 15.7 Å². The third-order valence-electron chi connectivity index (χ3n) is 1.60. The van der Waals surface area contributed by atoms with Crippen molar-refractivity contribution in [2.75, 3.05) is 18.1 Å². The summed E-state index contributed by atoms with van der Waals surface area (Å²) in [5.74, 6) is -1.34. The van der Waals surface area contributed by atoms with E-state index in [1.165, 1.54) is 0 Å². The second-order valence-electron chi connectivity index (χ2n) is 3.29. The average molecular weight is 233 g/mol. The minimum atomic E-state index is -3.41. The zero-order chi connectivity index (χ0) is 11.9. The lowest BCUT2D eigenvalue weighted by Gasteiger charge is -2.06. The van der Waals surface area contributed by atoms with E-state index in [-0.39, 0.29) is 18.3 Å². The van der Waals surface area contributed by atoms with Crippen LogP contribution >= 0.6 is 0 Å². The van der Waals surface area contributed by atoms with Gasteiger partial charge in [0.2, 0.25) is 5.91 Å². The van der Waals surface area contributed by atoms with Crippen LogP contribution < -0.4 is 11.1 Å². The molecule has 0 bridgehead atoms. The number of nitrogens with zero attached hydrogens (tertiary/aromatic N) is 1. The van der Waals surface area contributed by atoms with Gasteiger partial charge in [0.05, 0.1) is 11.8 Å². The fourth-order valence-corrected chi connectivity index (χ4v) is 2.20. The Morgan fingerprint density at radius 2 is 2.20 bits per heavy atom. The summed E-state index contributed by atoms with van der Waals surface area (Å²) < 4.78 is 22.6. The van der Waals surface area contributed by atoms with E-state index in [4.69, 9.17) is 11.0 Å². The summed E-state index contributed by atoms with van der Waals surface area (Å²) in [5.41, 5.74) is 5.40. The zero-order valence-corrected chi connectivity index (χ0v) is 9.38. The fraction of sp³-hybridized carbons (Fsp3) is 0.750. The number of nitrogens with two attached hydrogens (primary N) is 1. The van der Waals surface area contributed by atoms with E-state index in [0.29, 0.717) is 6.42 Å². The molecule has 0 radical (unpaired) electrons. The van der Waals surface area contributed by atoms with E-state index >= 15 is 0 Å². The number of sulfone groups is 1. The molecule has 0 rings (SSSR count). The Hall–Kier alpha value is -1.13. The molecule has 1 unspecified atom stereocenters. The van der Waals surface area contributed by atoms with E-state index in [1.807, 2.05) is 0 Å². The third-order valence-corrected chi connectivity index (χ3v) is 3.16. The van der Waals surface area contributed by atoms with E-state index in [9.17, 15) is 13.2 Å². The predicted octanol–water partition coefficient (Wildman–Crippen LogP) is -1.22. The Bertz CT molecular complexity index is 343. The van der Waals surface area contributed by atoms with Crippen molar-refractivity contribution in [1.29, 1.82) is 5.26 Å². The first kappa shape index (κ1) is 13.9. The highest BCUT2D eigenvalue weighted by atomic mass is 32.2. The van der Waals surface area contributed by atoms with Crippen molar-refractivity contribution in [1.82, 2.24) is 5.32 Å². The van der Waals surface area contributed by atoms with Crippen LogP contribution in [0.25, 0.3) is 0 Å². The van der Waals surface area contributed by atoms with Crippen molar-refractivity contribution in [3.05, 3.63) is 0 Å². The molecule has 0 aromatic carbocycles. The number of amides is 1. The maximum absolute atomic E-state index is 11.3. The number of nitrogens with one attached hydrogen (secondary N) is 1. The Morgan fingerprint density at radius 1 is 1.60 bits per heavy atom. The molecule has 0 aromatic heterocycles. The monoisotopic (exact) mass is 233 g/mol. The molecule has 0 saturated carbocycles. The van der Waals surface area contributed by atoms with Gasteiger partial charge in [-0.2, -0.15) is 5.26 Å². The molecular formula is C8H15N3O3S. The standard InChI is InChI=1S/C8H15N3O3S/c1-7(10)2-5-15(13,14)6-8(12)11-4-3-9/h7H,2,4-6,10H2,1H3,(H,11,12). The SMILES string of the molecule is CC(N)CCS(=O)(=O)CC(=O)NCC#N. The second-order valence-corrected chi connectivity index (χ2v) is 5.48. The Balaban J connectivity index is 4.04. The number of carbonyl (C=O) groups is 1. The van der Waals surface area contributed by atoms with E-state index in [1.54, 1.807) is 13.0 Å². The lowest BCUT2D eigenvalue weighted by atomic mass is 10.3. The van der Waals surface area contributed by atoms with Crippen LogP contribution in [0.2, 0.25) is 0 Å². The molecule has 0 fully saturated rings. The van der Waals surface area contributed by atoms with Gasteiger partial charge < -0.3 is 11.1 Å². The molecule has 0 saturated heterocycles. The molecule has 1 amide bonds. The van der Waals surface area contributed by atoms with Crippen LogP contribution in [0.3, 0.4) is 0 Å². The van der Waals surface area contributed by atoms with E-state index in [2.05, 4.69) is 5.32 Å². The van der Waals surface area contributed by atoms with E-state index < -0.39 is 21.5 Å². The van der Waals surface area contributed by atoms with Crippen LogP contribution in [0, 0.1) is 11.3 Å². The molecule has 86 valence electrons. The first-order valence-corrected chi connectivity index (χ1v) is 6.29. The highest BCUT2D eigenvalue weighted by Gasteiger charge is 2.16. The molecule has 0 aliphatic rings. The minimum absolute atomic E-state index is 0.107. The normalized spacial score (nSPS) is 12.9. The van der Waals surface area contributed by atoms with Gasteiger partial charge in [0.1, 0.15) is 12.3 Å². The van der Waals surface area contributed by atoms with Crippen molar-refractivity contribution in [3.63, 3.8) is 0 Å². The van der Waals surface area contributed by atoms with Crippen LogP contribution in [0.5, 0.6) is 0 Å². The van der Waals surface area contributed by atoms with Crippen molar-refractivity contribution in [3.8, 4) is 6.07 Å². The summed E-state index contributed by atoms with van der Waals surface area (Å²) >= 11 is 0. The third kappa shape index (κ3) is 7.90. The summed E-state index contributed by atoms with van der Waals surface area (Å²) in [4.78, 5) is 11.0. The molecule has 0 aliphatic heterocycles. The van der Waals surface area contributed by atoms with Gasteiger partial charge >= 0.3 is 0 Å². The number of hydrogen-bond acceptors (Lipinski definition) is 5. The lowest BCUT2D eigenvalue weighted by Crippen LogP contribution is -2.32. The molecule has 0 aliphatic carbocycles. The van der Waals surface area contributed by atoms with Crippen molar-refractivity contribution in [2.24, 2.45) is 5.73 Å². The zero-order valence-electron chi connectivity index (χ0n) is 8.56. The summed E-state index contributed by atoms with van der Waals surface area (Å²) in [6, 6.07) is 1.48. The first-order chi connectivity index (χ1) is 6.87. The summed E-state index contributed by atoms with van der Waals surface area (Å²) in [7, 11) is -3.41. The Kier molecular flexibility index (Phi) is 5.89. The summed E-state index contributed by atoms with van der Waals surface area (Å²) in [6.45, 7) is 1.52. The summed E-state index contributed by atoms with van der Waals surface area (Å²) in [6.07, 6.45) is 0.327. The maximum Gasteiger partial charge on any atom is 0.236 e. The van der Waals surface area contributed by atoms with Crippen LogP contribution in [0.1, 0.15) is 13.3 Å². The molecule has 0 aromatic rings. The van der Waals surface area contributed by atoms with Gasteiger partial charge in [-0.15, -0.1) is 0 Å². The van der Waals surface area contributed by atoms with Crippen molar-refractivity contribution < 1.29 is 13.2 Å². The van der Waals surface area contributed by atoms with Crippen LogP contribution in [0.4, 0.5) is 0 Å². The highest BCUT2D eigenvalue weighted by molar-refractivity contribution is 7.92.